The molecule has 6 heteroatoms. The van der Waals surface area contributed by atoms with Crippen LogP contribution in [0.1, 0.15) is 26.4 Å². The van der Waals surface area contributed by atoms with Crippen LogP contribution in [0.15, 0.2) is 47.4 Å². The van der Waals surface area contributed by atoms with E-state index >= 15 is 0 Å². The number of benzene rings is 2. The normalized spacial score (nSPS) is 15.7. The first-order chi connectivity index (χ1) is 14.5. The molecule has 2 aliphatic rings. The molecule has 0 saturated carbocycles. The first kappa shape index (κ1) is 20.0. The van der Waals surface area contributed by atoms with E-state index in [9.17, 15) is 4.79 Å². The highest BCUT2D eigenvalue weighted by atomic mass is 35.5. The van der Waals surface area contributed by atoms with Crippen molar-refractivity contribution in [1.82, 2.24) is 4.90 Å². The summed E-state index contributed by atoms with van der Waals surface area (Å²) >= 11 is 9.58. The molecule has 0 spiro atoms. The zero-order valence-corrected chi connectivity index (χ0v) is 19.5. The van der Waals surface area contributed by atoms with E-state index in [0.29, 0.717) is 0 Å². The van der Waals surface area contributed by atoms with E-state index < -0.39 is 0 Å². The van der Waals surface area contributed by atoms with E-state index in [-0.39, 0.29) is 5.91 Å². The van der Waals surface area contributed by atoms with E-state index in [0.717, 1.165) is 41.8 Å². The molecule has 2 aliphatic heterocycles. The fourth-order valence-corrected chi connectivity index (χ4v) is 6.87. The average Bonchev–Trinajstić information content (AvgIpc) is 3.20. The fourth-order valence-electron chi connectivity index (χ4n) is 4.21. The van der Waals surface area contributed by atoms with Gasteiger partial charge >= 0.3 is 0 Å². The summed E-state index contributed by atoms with van der Waals surface area (Å²) in [5.41, 5.74) is 6.40. The molecule has 30 heavy (non-hydrogen) atoms. The summed E-state index contributed by atoms with van der Waals surface area (Å²) in [6, 6.07) is 14.6. The maximum atomic E-state index is 13.2. The standard InChI is InChI=1S/C24H23ClN2OS2/c1-15-4-3-5-20(16(15)2)26-8-10-27(11-9-26)24(28)22-12-17-14-29-21-13-18(25)6-7-19(21)23(17)30-22/h3-7,12-13H,8-11,14H2,1-2H3. The molecule has 5 rings (SSSR count). The van der Waals surface area contributed by atoms with Crippen LogP contribution >= 0.6 is 34.7 Å². The van der Waals surface area contributed by atoms with Gasteiger partial charge in [0.15, 0.2) is 0 Å². The summed E-state index contributed by atoms with van der Waals surface area (Å²) in [7, 11) is 0. The van der Waals surface area contributed by atoms with Gasteiger partial charge in [0.2, 0.25) is 0 Å². The zero-order chi connectivity index (χ0) is 20.8. The van der Waals surface area contributed by atoms with Crippen LogP contribution in [0.4, 0.5) is 5.69 Å². The third-order valence-electron chi connectivity index (χ3n) is 6.07. The van der Waals surface area contributed by atoms with Gasteiger partial charge in [-0.15, -0.1) is 23.1 Å². The van der Waals surface area contributed by atoms with E-state index in [1.807, 2.05) is 17.0 Å². The van der Waals surface area contributed by atoms with Gasteiger partial charge in [0.1, 0.15) is 0 Å². The highest BCUT2D eigenvalue weighted by Gasteiger charge is 2.27. The quantitative estimate of drug-likeness (QED) is 0.457. The highest BCUT2D eigenvalue weighted by molar-refractivity contribution is 7.98. The van der Waals surface area contributed by atoms with Crippen molar-refractivity contribution in [3.05, 3.63) is 69.1 Å². The lowest BCUT2D eigenvalue weighted by atomic mass is 10.1. The number of carbonyl (C=O) groups excluding carboxylic acids is 1. The Labute approximate surface area is 190 Å². The van der Waals surface area contributed by atoms with E-state index in [1.165, 1.54) is 37.7 Å². The minimum atomic E-state index is 0.163. The Morgan fingerprint density at radius 2 is 1.83 bits per heavy atom. The second kappa shape index (κ2) is 7.95. The third-order valence-corrected chi connectivity index (χ3v) is 8.61. The van der Waals surface area contributed by atoms with Gasteiger partial charge in [-0.1, -0.05) is 29.8 Å². The lowest BCUT2D eigenvalue weighted by Crippen LogP contribution is -2.48. The van der Waals surface area contributed by atoms with Crippen molar-refractivity contribution >= 4 is 46.3 Å². The van der Waals surface area contributed by atoms with Crippen LogP contribution in [0.3, 0.4) is 0 Å². The SMILES string of the molecule is Cc1cccc(N2CCN(C(=O)c3cc4c(s3)-c3ccc(Cl)cc3SC4)CC2)c1C. The van der Waals surface area contributed by atoms with Crippen LogP contribution in [0, 0.1) is 13.8 Å². The molecule has 1 amide bonds. The van der Waals surface area contributed by atoms with Crippen molar-refractivity contribution in [3.8, 4) is 10.4 Å². The lowest BCUT2D eigenvalue weighted by Gasteiger charge is -2.37. The molecule has 0 unspecified atom stereocenters. The maximum Gasteiger partial charge on any atom is 0.264 e. The van der Waals surface area contributed by atoms with Crippen molar-refractivity contribution in [2.75, 3.05) is 31.1 Å². The summed E-state index contributed by atoms with van der Waals surface area (Å²) in [6.07, 6.45) is 0. The van der Waals surface area contributed by atoms with Gasteiger partial charge < -0.3 is 9.80 Å². The Morgan fingerprint density at radius 1 is 1.03 bits per heavy atom. The molecular formula is C24H23ClN2OS2. The first-order valence-corrected chi connectivity index (χ1v) is 12.3. The van der Waals surface area contributed by atoms with Gasteiger partial charge in [0.05, 0.1) is 4.88 Å². The number of hydrogen-bond donors (Lipinski definition) is 0. The Hall–Kier alpha value is -1.95. The number of amides is 1. The van der Waals surface area contributed by atoms with Crippen molar-refractivity contribution in [2.24, 2.45) is 0 Å². The predicted octanol–water partition coefficient (Wildman–Crippen LogP) is 6.25. The number of carbonyl (C=O) groups is 1. The second-order valence-corrected chi connectivity index (χ2v) is 10.4. The third kappa shape index (κ3) is 3.53. The minimum absolute atomic E-state index is 0.163. The van der Waals surface area contributed by atoms with Gasteiger partial charge in [-0.2, -0.15) is 0 Å². The first-order valence-electron chi connectivity index (χ1n) is 10.2. The molecule has 1 aromatic heterocycles. The molecule has 3 heterocycles. The molecule has 154 valence electrons. The molecule has 0 N–H and O–H groups in total. The molecule has 0 atom stereocenters. The Kier molecular flexibility index (Phi) is 5.30. The molecule has 1 fully saturated rings. The number of nitrogens with zero attached hydrogens (tertiary/aromatic N) is 2. The molecule has 0 aliphatic carbocycles. The van der Waals surface area contributed by atoms with Crippen molar-refractivity contribution in [3.63, 3.8) is 0 Å². The van der Waals surface area contributed by atoms with Crippen LogP contribution in [0.2, 0.25) is 5.02 Å². The number of piperazine rings is 1. The van der Waals surface area contributed by atoms with Crippen molar-refractivity contribution in [2.45, 2.75) is 24.5 Å². The van der Waals surface area contributed by atoms with Crippen molar-refractivity contribution in [1.29, 1.82) is 0 Å². The van der Waals surface area contributed by atoms with Gasteiger partial charge in [-0.25, -0.2) is 0 Å². The molecule has 2 aromatic carbocycles. The Balaban J connectivity index is 1.32. The molecule has 0 bridgehead atoms. The number of thiophene rings is 1. The molecule has 0 radical (unpaired) electrons. The maximum absolute atomic E-state index is 13.2. The number of anilines is 1. The number of aryl methyl sites for hydroxylation is 1. The second-order valence-electron chi connectivity index (χ2n) is 7.89. The van der Waals surface area contributed by atoms with Gasteiger partial charge in [-0.3, -0.25) is 4.79 Å². The topological polar surface area (TPSA) is 23.6 Å². The Bertz CT molecular complexity index is 1130. The van der Waals surface area contributed by atoms with Crippen molar-refractivity contribution < 1.29 is 4.79 Å². The summed E-state index contributed by atoms with van der Waals surface area (Å²) in [5.74, 6) is 1.06. The molecule has 1 saturated heterocycles. The van der Waals surface area contributed by atoms with Crippen LogP contribution < -0.4 is 4.90 Å². The van der Waals surface area contributed by atoms with Gasteiger partial charge in [-0.05, 0) is 54.8 Å². The van der Waals surface area contributed by atoms with E-state index in [4.69, 9.17) is 11.6 Å². The van der Waals surface area contributed by atoms with Gasteiger partial charge in [0.25, 0.3) is 5.91 Å². The fraction of sp³-hybridized carbons (Fsp3) is 0.292. The number of rotatable bonds is 2. The monoisotopic (exact) mass is 454 g/mol. The summed E-state index contributed by atoms with van der Waals surface area (Å²) < 4.78 is 0. The van der Waals surface area contributed by atoms with Crippen LogP contribution in [0.5, 0.6) is 0 Å². The average molecular weight is 455 g/mol. The summed E-state index contributed by atoms with van der Waals surface area (Å²) in [6.45, 7) is 7.60. The Morgan fingerprint density at radius 3 is 2.63 bits per heavy atom. The van der Waals surface area contributed by atoms with Crippen LogP contribution in [-0.2, 0) is 5.75 Å². The van der Waals surface area contributed by atoms with Gasteiger partial charge in [0, 0.05) is 58.0 Å². The molecular weight excluding hydrogens is 432 g/mol. The van der Waals surface area contributed by atoms with Crippen LogP contribution in [-0.4, -0.2) is 37.0 Å². The number of hydrogen-bond acceptors (Lipinski definition) is 4. The zero-order valence-electron chi connectivity index (χ0n) is 17.1. The van der Waals surface area contributed by atoms with E-state index in [1.54, 1.807) is 23.1 Å². The number of thioether (sulfide) groups is 1. The van der Waals surface area contributed by atoms with Crippen LogP contribution in [0.25, 0.3) is 10.4 Å². The smallest absolute Gasteiger partial charge is 0.264 e. The largest absolute Gasteiger partial charge is 0.368 e. The number of halogens is 1. The number of fused-ring (bicyclic) bond motifs is 3. The minimum Gasteiger partial charge on any atom is -0.368 e. The van der Waals surface area contributed by atoms with E-state index in [2.05, 4.69) is 49.1 Å². The molecule has 3 nitrogen and oxygen atoms in total. The predicted molar refractivity (Wildman–Crippen MR) is 128 cm³/mol. The summed E-state index contributed by atoms with van der Waals surface area (Å²) in [4.78, 5) is 20.9. The lowest BCUT2D eigenvalue weighted by molar-refractivity contribution is 0.0751. The molecule has 3 aromatic rings. The summed E-state index contributed by atoms with van der Waals surface area (Å²) in [5, 5.41) is 0.763. The highest BCUT2D eigenvalue weighted by Crippen LogP contribution is 2.46.